The standard InChI is InChI=1S/C13H15F2N3O/c1-10-17-12(18-19-10)7-8-16-9-13(14,15)11-5-3-2-4-6-11/h2-6,16H,7-9H2,1H3. The van der Waals surface area contributed by atoms with Crippen LogP contribution >= 0.6 is 0 Å². The van der Waals surface area contributed by atoms with E-state index in [1.54, 1.807) is 25.1 Å². The lowest BCUT2D eigenvalue weighted by Crippen LogP contribution is -2.32. The van der Waals surface area contributed by atoms with Gasteiger partial charge < -0.3 is 9.84 Å². The lowest BCUT2D eigenvalue weighted by molar-refractivity contribution is -0.00289. The van der Waals surface area contributed by atoms with Crippen LogP contribution in [0.5, 0.6) is 0 Å². The first-order chi connectivity index (χ1) is 9.08. The zero-order chi connectivity index (χ0) is 13.7. The van der Waals surface area contributed by atoms with E-state index in [1.165, 1.54) is 12.1 Å². The fourth-order valence-corrected chi connectivity index (χ4v) is 1.67. The molecule has 0 unspecified atom stereocenters. The summed E-state index contributed by atoms with van der Waals surface area (Å²) in [6.07, 6.45) is 0.461. The van der Waals surface area contributed by atoms with Gasteiger partial charge in [0, 0.05) is 25.5 Å². The Morgan fingerprint density at radius 2 is 2.00 bits per heavy atom. The summed E-state index contributed by atoms with van der Waals surface area (Å²) in [5.41, 5.74) is 0.0119. The zero-order valence-corrected chi connectivity index (χ0v) is 10.6. The molecule has 0 fully saturated rings. The maximum atomic E-state index is 13.8. The van der Waals surface area contributed by atoms with Gasteiger partial charge in [-0.1, -0.05) is 35.5 Å². The maximum Gasteiger partial charge on any atom is 0.285 e. The summed E-state index contributed by atoms with van der Waals surface area (Å²) in [5, 5.41) is 6.40. The first-order valence-corrected chi connectivity index (χ1v) is 6.01. The molecule has 0 radical (unpaired) electrons. The van der Waals surface area contributed by atoms with Gasteiger partial charge in [0.25, 0.3) is 5.92 Å². The van der Waals surface area contributed by atoms with E-state index in [4.69, 9.17) is 4.52 Å². The molecule has 0 spiro atoms. The van der Waals surface area contributed by atoms with Crippen LogP contribution in [0.2, 0.25) is 0 Å². The van der Waals surface area contributed by atoms with E-state index >= 15 is 0 Å². The van der Waals surface area contributed by atoms with Crippen LogP contribution in [0.1, 0.15) is 17.3 Å². The molecule has 4 nitrogen and oxygen atoms in total. The predicted molar refractivity (Wildman–Crippen MR) is 65.9 cm³/mol. The van der Waals surface area contributed by atoms with Gasteiger partial charge in [-0.25, -0.2) is 0 Å². The van der Waals surface area contributed by atoms with E-state index in [0.717, 1.165) is 0 Å². The van der Waals surface area contributed by atoms with Gasteiger partial charge in [-0.05, 0) is 0 Å². The van der Waals surface area contributed by atoms with Gasteiger partial charge in [0.15, 0.2) is 5.82 Å². The number of hydrogen-bond acceptors (Lipinski definition) is 4. The fraction of sp³-hybridized carbons (Fsp3) is 0.385. The highest BCUT2D eigenvalue weighted by Gasteiger charge is 2.30. The highest BCUT2D eigenvalue weighted by molar-refractivity contribution is 5.20. The molecule has 0 saturated heterocycles. The molecular formula is C13H15F2N3O. The topological polar surface area (TPSA) is 51.0 Å². The minimum Gasteiger partial charge on any atom is -0.340 e. The predicted octanol–water partition coefficient (Wildman–Crippen LogP) is 2.30. The van der Waals surface area contributed by atoms with E-state index in [0.29, 0.717) is 24.7 Å². The number of aryl methyl sites for hydroxylation is 1. The van der Waals surface area contributed by atoms with Crippen LogP contribution in [0.25, 0.3) is 0 Å². The van der Waals surface area contributed by atoms with Gasteiger partial charge in [-0.3, -0.25) is 0 Å². The first kappa shape index (κ1) is 13.6. The molecule has 6 heteroatoms. The lowest BCUT2D eigenvalue weighted by Gasteiger charge is -2.17. The van der Waals surface area contributed by atoms with Crippen molar-refractivity contribution in [1.82, 2.24) is 15.5 Å². The highest BCUT2D eigenvalue weighted by Crippen LogP contribution is 2.26. The monoisotopic (exact) mass is 267 g/mol. The summed E-state index contributed by atoms with van der Waals surface area (Å²) < 4.78 is 32.3. The van der Waals surface area contributed by atoms with E-state index in [1.807, 2.05) is 0 Å². The van der Waals surface area contributed by atoms with Crippen LogP contribution in [0.3, 0.4) is 0 Å². The van der Waals surface area contributed by atoms with Crippen LogP contribution in [-0.4, -0.2) is 23.2 Å². The van der Waals surface area contributed by atoms with Crippen molar-refractivity contribution >= 4 is 0 Å². The van der Waals surface area contributed by atoms with Crippen molar-refractivity contribution in [1.29, 1.82) is 0 Å². The third-order valence-electron chi connectivity index (χ3n) is 2.64. The lowest BCUT2D eigenvalue weighted by atomic mass is 10.1. The number of nitrogens with one attached hydrogen (secondary N) is 1. The third-order valence-corrected chi connectivity index (χ3v) is 2.64. The number of halogens is 2. The molecule has 1 N–H and O–H groups in total. The van der Waals surface area contributed by atoms with Crippen molar-refractivity contribution in [2.75, 3.05) is 13.1 Å². The SMILES string of the molecule is Cc1nc(CCNCC(F)(F)c2ccccc2)no1. The normalized spacial score (nSPS) is 11.7. The van der Waals surface area contributed by atoms with Crippen LogP contribution < -0.4 is 5.32 Å². The average Bonchev–Trinajstić information content (AvgIpc) is 2.82. The molecule has 1 heterocycles. The Morgan fingerprint density at radius 1 is 1.26 bits per heavy atom. The molecule has 0 saturated carbocycles. The molecule has 2 aromatic rings. The molecule has 2 rings (SSSR count). The Morgan fingerprint density at radius 3 is 2.63 bits per heavy atom. The summed E-state index contributed by atoms with van der Waals surface area (Å²) >= 11 is 0. The van der Waals surface area contributed by atoms with Crippen molar-refractivity contribution in [3.05, 3.63) is 47.6 Å². The van der Waals surface area contributed by atoms with Crippen LogP contribution in [0.4, 0.5) is 8.78 Å². The van der Waals surface area contributed by atoms with Crippen molar-refractivity contribution in [2.24, 2.45) is 0 Å². The summed E-state index contributed by atoms with van der Waals surface area (Å²) in [6, 6.07) is 7.76. The van der Waals surface area contributed by atoms with Crippen molar-refractivity contribution in [3.63, 3.8) is 0 Å². The number of alkyl halides is 2. The molecule has 0 aliphatic rings. The molecule has 0 aliphatic carbocycles. The van der Waals surface area contributed by atoms with Crippen molar-refractivity contribution < 1.29 is 13.3 Å². The second-order valence-electron chi connectivity index (χ2n) is 4.23. The fourth-order valence-electron chi connectivity index (χ4n) is 1.67. The largest absolute Gasteiger partial charge is 0.340 e. The molecule has 0 atom stereocenters. The highest BCUT2D eigenvalue weighted by atomic mass is 19.3. The zero-order valence-electron chi connectivity index (χ0n) is 10.6. The Balaban J connectivity index is 1.79. The Labute approximate surface area is 109 Å². The first-order valence-electron chi connectivity index (χ1n) is 6.01. The van der Waals surface area contributed by atoms with Gasteiger partial charge in [0.05, 0.1) is 6.54 Å². The van der Waals surface area contributed by atoms with Gasteiger partial charge in [0.2, 0.25) is 5.89 Å². The Kier molecular flexibility index (Phi) is 4.21. The summed E-state index contributed by atoms with van der Waals surface area (Å²) in [6.45, 7) is 1.66. The molecule has 0 amide bonds. The van der Waals surface area contributed by atoms with E-state index in [2.05, 4.69) is 15.5 Å². The molecule has 102 valence electrons. The molecule has 0 bridgehead atoms. The smallest absolute Gasteiger partial charge is 0.285 e. The number of nitrogens with zero attached hydrogens (tertiary/aromatic N) is 2. The molecule has 1 aromatic heterocycles. The average molecular weight is 267 g/mol. The minimum absolute atomic E-state index is 0.0119. The van der Waals surface area contributed by atoms with Crippen LogP contribution in [0, 0.1) is 6.92 Å². The molecule has 19 heavy (non-hydrogen) atoms. The quantitative estimate of drug-likeness (QED) is 0.816. The summed E-state index contributed by atoms with van der Waals surface area (Å²) in [5.74, 6) is -1.88. The van der Waals surface area contributed by atoms with E-state index in [-0.39, 0.29) is 5.56 Å². The number of hydrogen-bond donors (Lipinski definition) is 1. The second-order valence-corrected chi connectivity index (χ2v) is 4.23. The van der Waals surface area contributed by atoms with Gasteiger partial charge in [-0.15, -0.1) is 0 Å². The van der Waals surface area contributed by atoms with E-state index < -0.39 is 12.5 Å². The number of rotatable bonds is 6. The van der Waals surface area contributed by atoms with Crippen molar-refractivity contribution in [2.45, 2.75) is 19.3 Å². The van der Waals surface area contributed by atoms with Crippen LogP contribution in [-0.2, 0) is 12.3 Å². The second kappa shape index (κ2) is 5.88. The molecule has 1 aromatic carbocycles. The maximum absolute atomic E-state index is 13.8. The number of benzene rings is 1. The Bertz CT molecular complexity index is 514. The molecule has 0 aliphatic heterocycles. The van der Waals surface area contributed by atoms with Gasteiger partial charge >= 0.3 is 0 Å². The third kappa shape index (κ3) is 3.82. The summed E-state index contributed by atoms with van der Waals surface area (Å²) in [7, 11) is 0. The van der Waals surface area contributed by atoms with Gasteiger partial charge in [-0.2, -0.15) is 13.8 Å². The minimum atomic E-state index is -2.88. The number of aromatic nitrogens is 2. The van der Waals surface area contributed by atoms with Crippen LogP contribution in [0.15, 0.2) is 34.9 Å². The Hall–Kier alpha value is -1.82. The van der Waals surface area contributed by atoms with Crippen molar-refractivity contribution in [3.8, 4) is 0 Å². The summed E-state index contributed by atoms with van der Waals surface area (Å²) in [4.78, 5) is 4.00. The molecular weight excluding hydrogens is 252 g/mol. The van der Waals surface area contributed by atoms with Gasteiger partial charge in [0.1, 0.15) is 0 Å². The van der Waals surface area contributed by atoms with E-state index in [9.17, 15) is 8.78 Å².